The molecule has 0 amide bonds. The van der Waals surface area contributed by atoms with E-state index in [1.165, 1.54) is 33.0 Å². The number of furan rings is 1. The van der Waals surface area contributed by atoms with Gasteiger partial charge in [0.2, 0.25) is 0 Å². The molecular formula is C60H58IrN4OSi-2. The maximum absolute atomic E-state index is 6.55. The molecule has 0 fully saturated rings. The predicted octanol–water partition coefficient (Wildman–Crippen LogP) is 15.7. The summed E-state index contributed by atoms with van der Waals surface area (Å²) in [5, 5.41) is 3.62. The Morgan fingerprint density at radius 3 is 1.88 bits per heavy atom. The van der Waals surface area contributed by atoms with Crippen LogP contribution in [-0.2, 0) is 26.5 Å². The van der Waals surface area contributed by atoms with Gasteiger partial charge in [0.1, 0.15) is 5.58 Å². The number of aromatic nitrogens is 4. The molecule has 0 saturated heterocycles. The van der Waals surface area contributed by atoms with Crippen LogP contribution < -0.4 is 5.19 Å². The monoisotopic (exact) mass is 1070 g/mol. The number of hydrogen-bond donors (Lipinski definition) is 0. The van der Waals surface area contributed by atoms with Gasteiger partial charge in [0.05, 0.1) is 25.0 Å². The normalized spacial score (nSPS) is 11.7. The van der Waals surface area contributed by atoms with Gasteiger partial charge in [-0.1, -0.05) is 163 Å². The van der Waals surface area contributed by atoms with E-state index in [-0.39, 0.29) is 31.9 Å². The first-order chi connectivity index (χ1) is 31.9. The van der Waals surface area contributed by atoms with E-state index < -0.39 is 8.07 Å². The van der Waals surface area contributed by atoms with E-state index in [0.29, 0.717) is 11.6 Å². The third kappa shape index (κ3) is 9.78. The molecule has 6 aromatic carbocycles. The molecule has 0 bridgehead atoms. The Bertz CT molecular complexity index is 3260. The molecule has 7 heteroatoms. The molecule has 339 valence electrons. The molecule has 0 N–H and O–H groups in total. The number of hydrogen-bond acceptors (Lipinski definition) is 4. The molecule has 10 aromatic rings. The molecule has 0 aliphatic carbocycles. The first kappa shape index (κ1) is 47.3. The van der Waals surface area contributed by atoms with Crippen LogP contribution in [-0.4, -0.2) is 27.6 Å². The minimum Gasteiger partial charge on any atom is -0.501 e. The average molecular weight is 1070 g/mol. The first-order valence-electron chi connectivity index (χ1n) is 23.3. The van der Waals surface area contributed by atoms with E-state index in [4.69, 9.17) is 14.4 Å². The van der Waals surface area contributed by atoms with Gasteiger partial charge >= 0.3 is 0 Å². The number of pyridine rings is 2. The summed E-state index contributed by atoms with van der Waals surface area (Å²) in [6.07, 6.45) is 5.16. The topological polar surface area (TPSA) is 56.7 Å². The number of rotatable bonds is 10. The minimum absolute atomic E-state index is 0. The van der Waals surface area contributed by atoms with Crippen LogP contribution in [0.5, 0.6) is 0 Å². The predicted molar refractivity (Wildman–Crippen MR) is 279 cm³/mol. The van der Waals surface area contributed by atoms with Crippen molar-refractivity contribution in [2.75, 3.05) is 0 Å². The van der Waals surface area contributed by atoms with E-state index in [1.807, 2.05) is 48.7 Å². The smallest absolute Gasteiger partial charge is 0.168 e. The molecule has 0 aliphatic rings. The molecule has 4 heterocycles. The van der Waals surface area contributed by atoms with Crippen LogP contribution in [0.3, 0.4) is 0 Å². The Morgan fingerprint density at radius 1 is 0.612 bits per heavy atom. The number of nitrogens with zero attached hydrogens (tertiary/aromatic N) is 4. The fourth-order valence-electron chi connectivity index (χ4n) is 9.10. The Hall–Kier alpha value is -6.24. The van der Waals surface area contributed by atoms with Gasteiger partial charge in [0.15, 0.2) is 5.65 Å². The number of fused-ring (bicyclic) bond motifs is 4. The van der Waals surface area contributed by atoms with Gasteiger partial charge in [0, 0.05) is 49.1 Å². The molecule has 4 aromatic heterocycles. The van der Waals surface area contributed by atoms with Crippen molar-refractivity contribution in [1.82, 2.24) is 19.5 Å². The average Bonchev–Trinajstić information content (AvgIpc) is 3.90. The van der Waals surface area contributed by atoms with Gasteiger partial charge < -0.3 is 14.0 Å². The van der Waals surface area contributed by atoms with E-state index >= 15 is 0 Å². The summed E-state index contributed by atoms with van der Waals surface area (Å²) in [6, 6.07) is 57.4. The van der Waals surface area contributed by atoms with Crippen molar-refractivity contribution < 1.29 is 24.5 Å². The largest absolute Gasteiger partial charge is 0.501 e. The van der Waals surface area contributed by atoms with Crippen LogP contribution in [0.1, 0.15) is 70.1 Å². The van der Waals surface area contributed by atoms with Gasteiger partial charge in [-0.25, -0.2) is 4.98 Å². The third-order valence-corrected chi connectivity index (χ3v) is 14.4. The summed E-state index contributed by atoms with van der Waals surface area (Å²) in [7, 11) is -1.34. The Kier molecular flexibility index (Phi) is 14.1. The molecule has 5 nitrogen and oxygen atoms in total. The molecular weight excluding hydrogens is 1010 g/mol. The van der Waals surface area contributed by atoms with Gasteiger partial charge in [-0.2, -0.15) is 0 Å². The second-order valence-corrected chi connectivity index (χ2v) is 24.5. The molecule has 10 rings (SSSR count). The van der Waals surface area contributed by atoms with Gasteiger partial charge in [0.25, 0.3) is 0 Å². The number of imidazole rings is 1. The van der Waals surface area contributed by atoms with Crippen LogP contribution in [0.2, 0.25) is 19.6 Å². The Labute approximate surface area is 410 Å². The summed E-state index contributed by atoms with van der Waals surface area (Å²) in [6.45, 7) is 20.8. The molecule has 1 radical (unpaired) electrons. The first-order valence-corrected chi connectivity index (χ1v) is 26.8. The summed E-state index contributed by atoms with van der Waals surface area (Å²) in [5.41, 5.74) is 15.9. The summed E-state index contributed by atoms with van der Waals surface area (Å²) in [4.78, 5) is 14.9. The molecule has 0 spiro atoms. The maximum atomic E-state index is 6.55. The molecule has 67 heavy (non-hydrogen) atoms. The molecule has 0 aliphatic heterocycles. The molecule has 0 unspecified atom stereocenters. The quantitative estimate of drug-likeness (QED) is 0.101. The summed E-state index contributed by atoms with van der Waals surface area (Å²) >= 11 is 0. The number of benzene rings is 6. The summed E-state index contributed by atoms with van der Waals surface area (Å²) < 4.78 is 8.87. The zero-order valence-electron chi connectivity index (χ0n) is 40.0. The zero-order valence-corrected chi connectivity index (χ0v) is 43.4. The fraction of sp³-hybridized carbons (Fsp3) is 0.217. The SMILES string of the molecule is CC(C)Cc1cc(-c2[c-]cccc2)ncc1[Si](C)(C)C.CC(C)c1cc(-c2ccccc2)cc(C(C)C)c1-n1c(-c2[c-]ccc3c2oc2ccccc23)nc2ncc(-c3ccccc3)cc21.[Ir]. The van der Waals surface area contributed by atoms with E-state index in [1.54, 1.807) is 0 Å². The van der Waals surface area contributed by atoms with Crippen molar-refractivity contribution in [2.24, 2.45) is 5.92 Å². The number of para-hydroxylation sites is 1. The van der Waals surface area contributed by atoms with Crippen molar-refractivity contribution in [3.8, 4) is 50.6 Å². The maximum Gasteiger partial charge on any atom is 0.168 e. The minimum atomic E-state index is -1.34. The van der Waals surface area contributed by atoms with Crippen molar-refractivity contribution >= 4 is 46.4 Å². The van der Waals surface area contributed by atoms with Crippen molar-refractivity contribution in [1.29, 1.82) is 0 Å². The van der Waals surface area contributed by atoms with Crippen molar-refractivity contribution in [3.05, 3.63) is 187 Å². The third-order valence-electron chi connectivity index (χ3n) is 12.3. The van der Waals surface area contributed by atoms with E-state index in [9.17, 15) is 0 Å². The van der Waals surface area contributed by atoms with Crippen molar-refractivity contribution in [3.63, 3.8) is 0 Å². The van der Waals surface area contributed by atoms with E-state index in [0.717, 1.165) is 73.3 Å². The van der Waals surface area contributed by atoms with Gasteiger partial charge in [-0.3, -0.25) is 4.98 Å². The molecule has 0 saturated carbocycles. The van der Waals surface area contributed by atoms with Crippen LogP contribution in [0.25, 0.3) is 83.7 Å². The standard InChI is InChI=1S/C42H34N3O.C18H24NSi.Ir/c1-26(2)35-22-30(28-14-7-5-8-15-28)23-36(27(3)4)39(35)45-37-24-31(29-16-9-6-10-17-29)25-43-41(37)44-42(45)34-20-13-19-33-32-18-11-12-21-38(32)46-40(33)34;1-14(2)11-16-12-17(15-9-7-6-8-10-15)19-13-18(16)20(3,4)5;/h5-19,21-27H,1-4H3;6-9,12-14H,11H2,1-5H3;/q2*-1;. The van der Waals surface area contributed by atoms with Gasteiger partial charge in [-0.05, 0) is 87.1 Å². The Balaban J connectivity index is 0.000000244. The fourth-order valence-corrected chi connectivity index (χ4v) is 10.7. The summed E-state index contributed by atoms with van der Waals surface area (Å²) in [5.74, 6) is 1.93. The van der Waals surface area contributed by atoms with Crippen LogP contribution in [0.4, 0.5) is 0 Å². The second kappa shape index (κ2) is 19.9. The molecule has 0 atom stereocenters. The van der Waals surface area contributed by atoms with Crippen LogP contribution in [0, 0.1) is 18.1 Å². The van der Waals surface area contributed by atoms with Crippen LogP contribution >= 0.6 is 0 Å². The second-order valence-electron chi connectivity index (χ2n) is 19.4. The Morgan fingerprint density at radius 2 is 1.25 bits per heavy atom. The van der Waals surface area contributed by atoms with E-state index in [2.05, 4.69) is 192 Å². The van der Waals surface area contributed by atoms with Crippen LogP contribution in [0.15, 0.2) is 162 Å². The van der Waals surface area contributed by atoms with Crippen molar-refractivity contribution in [2.45, 2.75) is 79.4 Å². The zero-order chi connectivity index (χ0) is 46.1. The van der Waals surface area contributed by atoms with Gasteiger partial charge in [-0.15, -0.1) is 54.1 Å².